The molecule has 0 saturated carbocycles. The van der Waals surface area contributed by atoms with Gasteiger partial charge in [-0.3, -0.25) is 0 Å². The third kappa shape index (κ3) is 2.90. The number of alkyl halides is 1. The number of hydrogen-bond donors (Lipinski definition) is 2. The van der Waals surface area contributed by atoms with Gasteiger partial charge in [0.15, 0.2) is 0 Å². The molecule has 128 valence electrons. The van der Waals surface area contributed by atoms with Crippen LogP contribution in [0.1, 0.15) is 13.8 Å². The smallest absolute Gasteiger partial charge is 0.224 e. The first-order valence-electron chi connectivity index (χ1n) is 7.97. The van der Waals surface area contributed by atoms with E-state index in [2.05, 4.69) is 30.6 Å². The second kappa shape index (κ2) is 5.51. The molecule has 0 bridgehead atoms. The molecule has 25 heavy (non-hydrogen) atoms. The van der Waals surface area contributed by atoms with Gasteiger partial charge < -0.3 is 10.3 Å². The zero-order valence-electron chi connectivity index (χ0n) is 14.2. The maximum Gasteiger partial charge on any atom is 0.224 e. The monoisotopic (exact) mass is 339 g/mol. The second-order valence-electron chi connectivity index (χ2n) is 6.65. The number of nitrogens with one attached hydrogen (secondary N) is 2. The highest BCUT2D eigenvalue weighted by Crippen LogP contribution is 2.29. The van der Waals surface area contributed by atoms with Gasteiger partial charge in [0.05, 0.1) is 12.1 Å². The normalized spacial score (nSPS) is 12.2. The molecule has 8 heteroatoms. The molecule has 0 amide bonds. The van der Waals surface area contributed by atoms with Crippen LogP contribution in [-0.2, 0) is 7.05 Å². The van der Waals surface area contributed by atoms with Gasteiger partial charge in [0.25, 0.3) is 0 Å². The molecule has 2 N–H and O–H groups in total. The van der Waals surface area contributed by atoms with Crippen LogP contribution in [0.5, 0.6) is 0 Å². The fourth-order valence-electron chi connectivity index (χ4n) is 2.72. The molecule has 0 aliphatic heterocycles. The van der Waals surface area contributed by atoms with E-state index in [1.54, 1.807) is 10.9 Å². The van der Waals surface area contributed by atoms with E-state index in [0.717, 1.165) is 27.5 Å². The summed E-state index contributed by atoms with van der Waals surface area (Å²) in [6, 6.07) is 5.98. The van der Waals surface area contributed by atoms with E-state index in [-0.39, 0.29) is 6.54 Å². The molecule has 1 aromatic carbocycles. The summed E-state index contributed by atoms with van der Waals surface area (Å²) in [5.74, 6) is 0.401. The van der Waals surface area contributed by atoms with E-state index in [1.165, 1.54) is 13.8 Å². The van der Waals surface area contributed by atoms with Crippen LogP contribution in [-0.4, -0.2) is 42.2 Å². The minimum Gasteiger partial charge on any atom is -0.351 e. The minimum atomic E-state index is -1.33. The van der Waals surface area contributed by atoms with Crippen LogP contribution in [0.4, 0.5) is 10.3 Å². The van der Waals surface area contributed by atoms with Crippen molar-refractivity contribution in [3.8, 4) is 11.1 Å². The molecule has 4 aromatic rings. The number of aromatic nitrogens is 6. The largest absolute Gasteiger partial charge is 0.351 e. The molecule has 3 heterocycles. The van der Waals surface area contributed by atoms with Crippen molar-refractivity contribution in [2.75, 3.05) is 11.9 Å². The lowest BCUT2D eigenvalue weighted by Crippen LogP contribution is -2.25. The van der Waals surface area contributed by atoms with E-state index in [1.807, 2.05) is 31.4 Å². The molecular formula is C17H18FN7. The van der Waals surface area contributed by atoms with Crippen molar-refractivity contribution in [3.63, 3.8) is 0 Å². The summed E-state index contributed by atoms with van der Waals surface area (Å²) in [4.78, 5) is 11.9. The van der Waals surface area contributed by atoms with E-state index < -0.39 is 5.67 Å². The molecule has 3 aromatic heterocycles. The van der Waals surface area contributed by atoms with Crippen molar-refractivity contribution in [1.82, 2.24) is 29.9 Å². The Labute approximate surface area is 143 Å². The number of rotatable bonds is 4. The summed E-state index contributed by atoms with van der Waals surface area (Å²) >= 11 is 0. The van der Waals surface area contributed by atoms with Gasteiger partial charge in [0.1, 0.15) is 16.8 Å². The van der Waals surface area contributed by atoms with E-state index in [4.69, 9.17) is 0 Å². The van der Waals surface area contributed by atoms with Crippen LogP contribution in [0.3, 0.4) is 0 Å². The van der Waals surface area contributed by atoms with Crippen molar-refractivity contribution >= 4 is 28.0 Å². The standard InChI is InChI=1S/C17H18FN7/c1-17(2,18)9-21-16-20-8-12-11(7-19-15(12)22-16)10-4-5-13-14(6-10)25(3)24-23-13/h4-8H,9H2,1-3H3,(H2,19,20,21,22). The summed E-state index contributed by atoms with van der Waals surface area (Å²) in [6.07, 6.45) is 3.64. The highest BCUT2D eigenvalue weighted by Gasteiger charge is 2.16. The molecule has 0 aliphatic rings. The maximum atomic E-state index is 13.6. The number of fused-ring (bicyclic) bond motifs is 2. The van der Waals surface area contributed by atoms with Crippen LogP contribution in [0.2, 0.25) is 0 Å². The number of anilines is 1. The van der Waals surface area contributed by atoms with Crippen molar-refractivity contribution in [1.29, 1.82) is 0 Å². The first-order chi connectivity index (χ1) is 11.9. The van der Waals surface area contributed by atoms with Gasteiger partial charge in [-0.1, -0.05) is 11.3 Å². The molecule has 7 nitrogen and oxygen atoms in total. The Bertz CT molecular complexity index is 1060. The Morgan fingerprint density at radius 1 is 1.32 bits per heavy atom. The van der Waals surface area contributed by atoms with Gasteiger partial charge in [-0.25, -0.2) is 14.1 Å². The number of aryl methyl sites for hydroxylation is 1. The molecule has 0 saturated heterocycles. The van der Waals surface area contributed by atoms with E-state index in [0.29, 0.717) is 11.6 Å². The number of H-pyrrole nitrogens is 1. The number of halogens is 1. The van der Waals surface area contributed by atoms with Crippen molar-refractivity contribution < 1.29 is 4.39 Å². The van der Waals surface area contributed by atoms with Crippen molar-refractivity contribution in [3.05, 3.63) is 30.6 Å². The van der Waals surface area contributed by atoms with Gasteiger partial charge in [-0.05, 0) is 31.5 Å². The quantitative estimate of drug-likeness (QED) is 0.597. The molecule has 0 radical (unpaired) electrons. The number of aromatic amines is 1. The molecule has 0 unspecified atom stereocenters. The summed E-state index contributed by atoms with van der Waals surface area (Å²) < 4.78 is 15.4. The van der Waals surface area contributed by atoms with Gasteiger partial charge in [0.2, 0.25) is 5.95 Å². The Balaban J connectivity index is 1.71. The average Bonchev–Trinajstić information content (AvgIpc) is 3.15. The molecule has 4 rings (SSSR count). The van der Waals surface area contributed by atoms with E-state index in [9.17, 15) is 4.39 Å². The lowest BCUT2D eigenvalue weighted by molar-refractivity contribution is 0.234. The fourth-order valence-corrected chi connectivity index (χ4v) is 2.72. The van der Waals surface area contributed by atoms with Gasteiger partial charge in [-0.15, -0.1) is 5.10 Å². The number of hydrogen-bond acceptors (Lipinski definition) is 5. The van der Waals surface area contributed by atoms with Gasteiger partial charge in [-0.2, -0.15) is 4.98 Å². The first-order valence-corrected chi connectivity index (χ1v) is 7.97. The highest BCUT2D eigenvalue weighted by atomic mass is 19.1. The van der Waals surface area contributed by atoms with Crippen LogP contribution < -0.4 is 5.32 Å². The number of benzene rings is 1. The minimum absolute atomic E-state index is 0.149. The molecule has 0 spiro atoms. The van der Waals surface area contributed by atoms with Crippen LogP contribution in [0.25, 0.3) is 33.2 Å². The predicted molar refractivity (Wildman–Crippen MR) is 95.1 cm³/mol. The summed E-state index contributed by atoms with van der Waals surface area (Å²) in [5, 5.41) is 11.9. The number of nitrogens with zero attached hydrogens (tertiary/aromatic N) is 5. The predicted octanol–water partition coefficient (Wildman–Crippen LogP) is 3.07. The lowest BCUT2D eigenvalue weighted by Gasteiger charge is -2.14. The van der Waals surface area contributed by atoms with Gasteiger partial charge >= 0.3 is 0 Å². The summed E-state index contributed by atoms with van der Waals surface area (Å²) in [5.41, 5.74) is 3.20. The van der Waals surface area contributed by atoms with Gasteiger partial charge in [0, 0.05) is 30.4 Å². The Kier molecular flexibility index (Phi) is 3.41. The first kappa shape index (κ1) is 15.5. The van der Waals surface area contributed by atoms with Crippen LogP contribution >= 0.6 is 0 Å². The molecule has 0 fully saturated rings. The third-order valence-electron chi connectivity index (χ3n) is 4.02. The third-order valence-corrected chi connectivity index (χ3v) is 4.02. The second-order valence-corrected chi connectivity index (χ2v) is 6.65. The Morgan fingerprint density at radius 2 is 2.16 bits per heavy atom. The van der Waals surface area contributed by atoms with E-state index >= 15 is 0 Å². The van der Waals surface area contributed by atoms with Crippen molar-refractivity contribution in [2.24, 2.45) is 7.05 Å². The zero-order valence-corrected chi connectivity index (χ0v) is 14.2. The molecular weight excluding hydrogens is 321 g/mol. The zero-order chi connectivity index (χ0) is 17.6. The fraction of sp³-hybridized carbons (Fsp3) is 0.294. The van der Waals surface area contributed by atoms with Crippen molar-refractivity contribution in [2.45, 2.75) is 19.5 Å². The van der Waals surface area contributed by atoms with Crippen LogP contribution in [0.15, 0.2) is 30.6 Å². The topological polar surface area (TPSA) is 84.3 Å². The molecule has 0 atom stereocenters. The summed E-state index contributed by atoms with van der Waals surface area (Å²) in [6.45, 7) is 3.17. The average molecular weight is 339 g/mol. The molecule has 0 aliphatic carbocycles. The highest BCUT2D eigenvalue weighted by molar-refractivity contribution is 5.95. The lowest BCUT2D eigenvalue weighted by atomic mass is 10.1. The Morgan fingerprint density at radius 3 is 2.96 bits per heavy atom. The van der Waals surface area contributed by atoms with Crippen LogP contribution in [0, 0.1) is 0 Å². The Hall–Kier alpha value is -3.03. The maximum absolute atomic E-state index is 13.6. The SMILES string of the molecule is Cn1nnc2ccc(-c3c[nH]c4nc(NCC(C)(C)F)ncc34)cc21. The summed E-state index contributed by atoms with van der Waals surface area (Å²) in [7, 11) is 1.86.